The zero-order valence-corrected chi connectivity index (χ0v) is 27.8. The first-order chi connectivity index (χ1) is 22.6. The van der Waals surface area contributed by atoms with Crippen LogP contribution in [-0.2, 0) is 32.6 Å². The first-order valence-electron chi connectivity index (χ1n) is 16.1. The first kappa shape index (κ1) is 33.9. The lowest BCUT2D eigenvalue weighted by atomic mass is 9.94. The number of nitrogens with one attached hydrogen (secondary N) is 1. The largest absolute Gasteiger partial charge is 0.352 e. The van der Waals surface area contributed by atoms with Gasteiger partial charge in [-0.25, -0.2) is 12.8 Å². The number of hydrogen-bond donors (Lipinski definition) is 1. The van der Waals surface area contributed by atoms with Gasteiger partial charge >= 0.3 is 0 Å². The van der Waals surface area contributed by atoms with Crippen LogP contribution in [0.2, 0.25) is 0 Å². The molecule has 0 heterocycles. The molecule has 1 atom stereocenters. The molecule has 0 unspecified atom stereocenters. The average molecular weight is 656 g/mol. The lowest BCUT2D eigenvalue weighted by molar-refractivity contribution is -0.140. The molecule has 246 valence electrons. The van der Waals surface area contributed by atoms with Crippen LogP contribution in [0.15, 0.2) is 108 Å². The summed E-state index contributed by atoms with van der Waals surface area (Å²) < 4.78 is 43.4. The Labute approximate surface area is 277 Å². The van der Waals surface area contributed by atoms with E-state index in [1.165, 1.54) is 29.2 Å². The van der Waals surface area contributed by atoms with Crippen LogP contribution in [0.5, 0.6) is 0 Å². The lowest BCUT2D eigenvalue weighted by Crippen LogP contribution is -2.55. The zero-order valence-electron chi connectivity index (χ0n) is 26.9. The molecular formula is C38H42FN3O4S. The number of aryl methyl sites for hydroxylation is 2. The summed E-state index contributed by atoms with van der Waals surface area (Å²) in [6.45, 7) is 3.27. The summed E-state index contributed by atoms with van der Waals surface area (Å²) in [6, 6.07) is 27.6. The Morgan fingerprint density at radius 1 is 0.809 bits per heavy atom. The molecule has 2 amide bonds. The van der Waals surface area contributed by atoms with Crippen molar-refractivity contribution < 1.29 is 22.4 Å². The van der Waals surface area contributed by atoms with E-state index in [0.717, 1.165) is 53.1 Å². The van der Waals surface area contributed by atoms with Crippen molar-refractivity contribution in [2.45, 2.75) is 75.9 Å². The van der Waals surface area contributed by atoms with E-state index in [0.29, 0.717) is 11.3 Å². The minimum Gasteiger partial charge on any atom is -0.352 e. The predicted molar refractivity (Wildman–Crippen MR) is 183 cm³/mol. The molecule has 47 heavy (non-hydrogen) atoms. The number of carbonyl (C=O) groups excluding carboxylic acids is 2. The van der Waals surface area contributed by atoms with E-state index >= 15 is 0 Å². The van der Waals surface area contributed by atoms with Crippen molar-refractivity contribution >= 4 is 27.5 Å². The second kappa shape index (κ2) is 15.4. The SMILES string of the molecule is Cc1ccc(N(CC(=O)N(Cc2ccc(F)cc2)[C@@H](Cc2ccccc2)C(=O)NC2CCCCC2)S(=O)(=O)c2ccccc2)cc1C. The van der Waals surface area contributed by atoms with Crippen LogP contribution < -0.4 is 9.62 Å². The van der Waals surface area contributed by atoms with Gasteiger partial charge in [-0.05, 0) is 85.3 Å². The molecule has 1 fully saturated rings. The fraction of sp³-hybridized carbons (Fsp3) is 0.316. The van der Waals surface area contributed by atoms with E-state index in [4.69, 9.17) is 0 Å². The number of anilines is 1. The fourth-order valence-electron chi connectivity index (χ4n) is 6.01. The quantitative estimate of drug-likeness (QED) is 0.184. The first-order valence-corrected chi connectivity index (χ1v) is 17.6. The molecule has 1 saturated carbocycles. The highest BCUT2D eigenvalue weighted by atomic mass is 32.2. The monoisotopic (exact) mass is 655 g/mol. The Bertz CT molecular complexity index is 1760. The molecule has 0 aliphatic heterocycles. The van der Waals surface area contributed by atoms with Crippen molar-refractivity contribution in [2.24, 2.45) is 0 Å². The van der Waals surface area contributed by atoms with Gasteiger partial charge in [-0.2, -0.15) is 0 Å². The molecule has 1 N–H and O–H groups in total. The number of nitrogens with zero attached hydrogens (tertiary/aromatic N) is 2. The molecule has 0 saturated heterocycles. The number of carbonyl (C=O) groups is 2. The van der Waals surface area contributed by atoms with Gasteiger partial charge < -0.3 is 10.2 Å². The Morgan fingerprint density at radius 3 is 2.09 bits per heavy atom. The number of rotatable bonds is 12. The van der Waals surface area contributed by atoms with Crippen LogP contribution in [-0.4, -0.2) is 43.8 Å². The van der Waals surface area contributed by atoms with Crippen molar-refractivity contribution in [3.63, 3.8) is 0 Å². The Kier molecular flexibility index (Phi) is 11.1. The summed E-state index contributed by atoms with van der Waals surface area (Å²) in [5.74, 6) is -1.26. The second-order valence-electron chi connectivity index (χ2n) is 12.3. The maximum absolute atomic E-state index is 14.6. The standard InChI is InChI=1S/C38H42FN3O4S/c1-28-18-23-34(24-29(28)2)42(47(45,46)35-16-10-5-11-17-35)27-37(43)41(26-31-19-21-32(39)22-20-31)36(25-30-12-6-3-7-13-30)38(44)40-33-14-8-4-9-15-33/h3,5-7,10-13,16-24,33,36H,4,8-9,14-15,25-27H2,1-2H3,(H,40,44)/t36-/m0/s1. The molecule has 0 aromatic heterocycles. The van der Waals surface area contributed by atoms with Crippen molar-refractivity contribution in [1.29, 1.82) is 0 Å². The van der Waals surface area contributed by atoms with Crippen LogP contribution in [0.3, 0.4) is 0 Å². The minimum absolute atomic E-state index is 0.00258. The van der Waals surface area contributed by atoms with Gasteiger partial charge in [0.2, 0.25) is 11.8 Å². The maximum Gasteiger partial charge on any atom is 0.264 e. The number of hydrogen-bond acceptors (Lipinski definition) is 4. The highest BCUT2D eigenvalue weighted by Gasteiger charge is 2.35. The van der Waals surface area contributed by atoms with E-state index in [-0.39, 0.29) is 29.8 Å². The Morgan fingerprint density at radius 2 is 1.45 bits per heavy atom. The van der Waals surface area contributed by atoms with E-state index in [1.807, 2.05) is 50.2 Å². The highest BCUT2D eigenvalue weighted by Crippen LogP contribution is 2.27. The van der Waals surface area contributed by atoms with Gasteiger partial charge in [-0.1, -0.05) is 86.0 Å². The summed E-state index contributed by atoms with van der Waals surface area (Å²) in [5, 5.41) is 3.20. The summed E-state index contributed by atoms with van der Waals surface area (Å²) in [6.07, 6.45) is 5.13. The smallest absolute Gasteiger partial charge is 0.264 e. The summed E-state index contributed by atoms with van der Waals surface area (Å²) in [5.41, 5.74) is 3.68. The number of benzene rings is 4. The van der Waals surface area contributed by atoms with Gasteiger partial charge in [0.25, 0.3) is 10.0 Å². The van der Waals surface area contributed by atoms with Crippen molar-refractivity contribution in [1.82, 2.24) is 10.2 Å². The molecule has 0 radical (unpaired) electrons. The van der Waals surface area contributed by atoms with Crippen molar-refractivity contribution in [3.8, 4) is 0 Å². The third kappa shape index (κ3) is 8.65. The van der Waals surface area contributed by atoms with E-state index in [1.54, 1.807) is 42.5 Å². The van der Waals surface area contributed by atoms with Gasteiger partial charge in [0.15, 0.2) is 0 Å². The van der Waals surface area contributed by atoms with Crippen molar-refractivity contribution in [3.05, 3.63) is 131 Å². The molecule has 1 aliphatic carbocycles. The van der Waals surface area contributed by atoms with Crippen LogP contribution in [0.1, 0.15) is 54.4 Å². The summed E-state index contributed by atoms with van der Waals surface area (Å²) in [7, 11) is -4.18. The molecule has 5 rings (SSSR count). The Hall–Kier alpha value is -4.50. The Balaban J connectivity index is 1.56. The van der Waals surface area contributed by atoms with E-state index < -0.39 is 34.3 Å². The number of sulfonamides is 1. The number of amides is 2. The van der Waals surface area contributed by atoms with Crippen molar-refractivity contribution in [2.75, 3.05) is 10.8 Å². The molecule has 4 aromatic rings. The van der Waals surface area contributed by atoms with E-state index in [9.17, 15) is 22.4 Å². The maximum atomic E-state index is 14.6. The van der Waals surface area contributed by atoms with Gasteiger partial charge in [0.05, 0.1) is 10.6 Å². The van der Waals surface area contributed by atoms with Gasteiger partial charge in [0, 0.05) is 19.0 Å². The molecular weight excluding hydrogens is 614 g/mol. The summed E-state index contributed by atoms with van der Waals surface area (Å²) in [4.78, 5) is 30.3. The fourth-order valence-corrected chi connectivity index (χ4v) is 7.44. The normalized spacial score (nSPS) is 14.3. The minimum atomic E-state index is -4.18. The van der Waals surface area contributed by atoms with E-state index in [2.05, 4.69) is 5.32 Å². The molecule has 7 nitrogen and oxygen atoms in total. The molecule has 9 heteroatoms. The number of halogens is 1. The molecule has 4 aromatic carbocycles. The predicted octanol–water partition coefficient (Wildman–Crippen LogP) is 6.73. The molecule has 0 spiro atoms. The average Bonchev–Trinajstić information content (AvgIpc) is 3.08. The van der Waals surface area contributed by atoms with Crippen LogP contribution in [0.4, 0.5) is 10.1 Å². The molecule has 0 bridgehead atoms. The third-order valence-corrected chi connectivity index (χ3v) is 10.7. The second-order valence-corrected chi connectivity index (χ2v) is 14.2. The van der Waals surface area contributed by atoms with Gasteiger partial charge in [-0.15, -0.1) is 0 Å². The van der Waals surface area contributed by atoms with Crippen LogP contribution in [0, 0.1) is 19.7 Å². The lowest BCUT2D eigenvalue weighted by Gasteiger charge is -2.35. The topological polar surface area (TPSA) is 86.8 Å². The highest BCUT2D eigenvalue weighted by molar-refractivity contribution is 7.92. The summed E-state index contributed by atoms with van der Waals surface area (Å²) >= 11 is 0. The zero-order chi connectivity index (χ0) is 33.4. The third-order valence-electron chi connectivity index (χ3n) is 8.88. The van der Waals surface area contributed by atoms with Crippen LogP contribution in [0.25, 0.3) is 0 Å². The molecule has 1 aliphatic rings. The van der Waals surface area contributed by atoms with Gasteiger partial charge in [-0.3, -0.25) is 13.9 Å². The van der Waals surface area contributed by atoms with Gasteiger partial charge in [0.1, 0.15) is 18.4 Å². The van der Waals surface area contributed by atoms with Crippen LogP contribution >= 0.6 is 0 Å².